The molecule has 1 aliphatic rings. The highest BCUT2D eigenvalue weighted by atomic mass is 16.2. The topological polar surface area (TPSA) is 64.7 Å². The molecule has 184 valence electrons. The molecule has 0 spiro atoms. The Balaban J connectivity index is 1.54. The van der Waals surface area contributed by atoms with Crippen molar-refractivity contribution in [2.45, 2.75) is 52.4 Å². The fraction of sp³-hybridized carbons (Fsp3) is 0.500. The van der Waals surface area contributed by atoms with Crippen molar-refractivity contribution >= 4 is 17.6 Å². The van der Waals surface area contributed by atoms with Gasteiger partial charge in [0.05, 0.1) is 0 Å². The Bertz CT molecular complexity index is 924. The van der Waals surface area contributed by atoms with Gasteiger partial charge in [0.25, 0.3) is 5.91 Å². The Morgan fingerprint density at radius 2 is 1.82 bits per heavy atom. The van der Waals surface area contributed by atoms with E-state index in [1.807, 2.05) is 35.2 Å². The summed E-state index contributed by atoms with van der Waals surface area (Å²) in [5.74, 6) is 0.208. The number of anilines is 1. The van der Waals surface area contributed by atoms with Crippen LogP contribution in [-0.4, -0.2) is 61.0 Å². The van der Waals surface area contributed by atoms with Gasteiger partial charge in [0.1, 0.15) is 0 Å². The minimum atomic E-state index is -0.0592. The molecule has 0 unspecified atom stereocenters. The molecule has 2 aromatic carbocycles. The molecule has 1 fully saturated rings. The molecule has 3 amide bonds. The molecule has 2 aromatic rings. The molecule has 1 heterocycles. The van der Waals surface area contributed by atoms with E-state index >= 15 is 0 Å². The summed E-state index contributed by atoms with van der Waals surface area (Å²) >= 11 is 0. The van der Waals surface area contributed by atoms with Crippen LogP contribution in [0.1, 0.15) is 67.4 Å². The van der Waals surface area contributed by atoms with Gasteiger partial charge in [-0.3, -0.25) is 4.79 Å². The first-order valence-corrected chi connectivity index (χ1v) is 12.8. The number of aryl methyl sites for hydroxylation is 1. The van der Waals surface area contributed by atoms with E-state index in [0.717, 1.165) is 63.1 Å². The van der Waals surface area contributed by atoms with Crippen molar-refractivity contribution < 1.29 is 9.59 Å². The Labute approximate surface area is 204 Å². The van der Waals surface area contributed by atoms with Crippen LogP contribution in [0, 0.1) is 0 Å². The minimum absolute atomic E-state index is 0.0256. The number of carbonyl (C=O) groups excluding carboxylic acids is 2. The average Bonchev–Trinajstić information content (AvgIpc) is 2.89. The van der Waals surface area contributed by atoms with E-state index in [1.165, 1.54) is 5.56 Å². The van der Waals surface area contributed by atoms with Gasteiger partial charge in [0.2, 0.25) is 0 Å². The second-order valence-electron chi connectivity index (χ2n) is 9.03. The maximum atomic E-state index is 12.9. The lowest BCUT2D eigenvalue weighted by Crippen LogP contribution is -2.41. The molecule has 6 heteroatoms. The smallest absolute Gasteiger partial charge is 0.321 e. The number of nitrogens with zero attached hydrogens (tertiary/aromatic N) is 2. The zero-order valence-corrected chi connectivity index (χ0v) is 21.0. The fourth-order valence-electron chi connectivity index (χ4n) is 4.54. The van der Waals surface area contributed by atoms with Crippen molar-refractivity contribution in [3.8, 4) is 0 Å². The molecule has 0 saturated carbocycles. The highest BCUT2D eigenvalue weighted by Crippen LogP contribution is 2.28. The molecule has 6 nitrogen and oxygen atoms in total. The van der Waals surface area contributed by atoms with Crippen molar-refractivity contribution in [2.24, 2.45) is 0 Å². The molecule has 1 saturated heterocycles. The monoisotopic (exact) mass is 464 g/mol. The van der Waals surface area contributed by atoms with Crippen LogP contribution in [0.2, 0.25) is 0 Å². The third-order valence-electron chi connectivity index (χ3n) is 6.77. The molecule has 3 rings (SSSR count). The summed E-state index contributed by atoms with van der Waals surface area (Å²) in [7, 11) is 0. The van der Waals surface area contributed by atoms with E-state index in [0.29, 0.717) is 18.7 Å². The number of hydrogen-bond donors (Lipinski definition) is 2. The fourth-order valence-corrected chi connectivity index (χ4v) is 4.54. The lowest BCUT2D eigenvalue weighted by molar-refractivity contribution is 0.0951. The summed E-state index contributed by atoms with van der Waals surface area (Å²) in [5.41, 5.74) is 3.89. The quantitative estimate of drug-likeness (QED) is 0.480. The molecule has 0 bridgehead atoms. The average molecular weight is 465 g/mol. The van der Waals surface area contributed by atoms with Crippen LogP contribution in [0.4, 0.5) is 10.5 Å². The van der Waals surface area contributed by atoms with Crippen LogP contribution in [0.3, 0.4) is 0 Å². The maximum absolute atomic E-state index is 12.9. The second kappa shape index (κ2) is 13.1. The molecule has 0 aliphatic carbocycles. The van der Waals surface area contributed by atoms with Crippen molar-refractivity contribution in [1.82, 2.24) is 15.1 Å². The summed E-state index contributed by atoms with van der Waals surface area (Å²) in [5, 5.41) is 6.08. The van der Waals surface area contributed by atoms with Crippen molar-refractivity contribution in [3.05, 3.63) is 65.2 Å². The summed E-state index contributed by atoms with van der Waals surface area (Å²) < 4.78 is 0. The molecule has 0 radical (unpaired) electrons. The van der Waals surface area contributed by atoms with Crippen molar-refractivity contribution in [2.75, 3.05) is 44.6 Å². The van der Waals surface area contributed by atoms with Crippen LogP contribution in [0.25, 0.3) is 0 Å². The third-order valence-corrected chi connectivity index (χ3v) is 6.77. The predicted octanol–water partition coefficient (Wildman–Crippen LogP) is 5.12. The van der Waals surface area contributed by atoms with Crippen LogP contribution < -0.4 is 10.6 Å². The second-order valence-corrected chi connectivity index (χ2v) is 9.03. The number of nitrogens with one attached hydrogen (secondary N) is 2. The molecule has 1 atom stereocenters. The van der Waals surface area contributed by atoms with Gasteiger partial charge in [-0.1, -0.05) is 45.0 Å². The summed E-state index contributed by atoms with van der Waals surface area (Å²) in [4.78, 5) is 29.8. The number of piperidine rings is 1. The lowest BCUT2D eigenvalue weighted by Gasteiger charge is -2.33. The Kier molecular flexibility index (Phi) is 9.95. The van der Waals surface area contributed by atoms with E-state index in [2.05, 4.69) is 54.5 Å². The first-order chi connectivity index (χ1) is 16.5. The van der Waals surface area contributed by atoms with E-state index in [4.69, 9.17) is 0 Å². The summed E-state index contributed by atoms with van der Waals surface area (Å²) in [6, 6.07) is 15.9. The van der Waals surface area contributed by atoms with Crippen molar-refractivity contribution in [1.29, 1.82) is 0 Å². The molecule has 2 N–H and O–H groups in total. The largest absolute Gasteiger partial charge is 0.352 e. The van der Waals surface area contributed by atoms with Crippen LogP contribution in [0.5, 0.6) is 0 Å². The molecule has 0 aromatic heterocycles. The van der Waals surface area contributed by atoms with Crippen LogP contribution in [-0.2, 0) is 6.42 Å². The first-order valence-electron chi connectivity index (χ1n) is 12.8. The summed E-state index contributed by atoms with van der Waals surface area (Å²) in [6.07, 6.45) is 3.90. The van der Waals surface area contributed by atoms with Gasteiger partial charge < -0.3 is 20.4 Å². The van der Waals surface area contributed by atoms with Crippen LogP contribution in [0.15, 0.2) is 48.5 Å². The predicted molar refractivity (Wildman–Crippen MR) is 140 cm³/mol. The molecule has 1 aliphatic heterocycles. The Morgan fingerprint density at radius 3 is 2.53 bits per heavy atom. The lowest BCUT2D eigenvalue weighted by atomic mass is 9.89. The third kappa shape index (κ3) is 7.32. The van der Waals surface area contributed by atoms with E-state index < -0.39 is 0 Å². The van der Waals surface area contributed by atoms with Gasteiger partial charge in [-0.2, -0.15) is 0 Å². The van der Waals surface area contributed by atoms with Gasteiger partial charge in [-0.15, -0.1) is 0 Å². The number of hydrogen-bond acceptors (Lipinski definition) is 3. The SMILES string of the molecule is CCc1ccc(NC(=O)N2CCC[C@@H](c3cccc(C(=O)NCCCN(CC)CC)c3)C2)cc1. The van der Waals surface area contributed by atoms with E-state index in [-0.39, 0.29) is 17.9 Å². The highest BCUT2D eigenvalue weighted by Gasteiger charge is 2.25. The number of benzene rings is 2. The zero-order valence-electron chi connectivity index (χ0n) is 21.0. The molecule has 34 heavy (non-hydrogen) atoms. The van der Waals surface area contributed by atoms with Gasteiger partial charge in [-0.05, 0) is 80.7 Å². The highest BCUT2D eigenvalue weighted by molar-refractivity contribution is 5.94. The summed E-state index contributed by atoms with van der Waals surface area (Å²) in [6.45, 7) is 11.6. The number of likely N-dealkylation sites (tertiary alicyclic amines) is 1. The number of amides is 3. The number of carbonyl (C=O) groups is 2. The number of urea groups is 1. The molecular formula is C28H40N4O2. The zero-order chi connectivity index (χ0) is 24.3. The van der Waals surface area contributed by atoms with Gasteiger partial charge in [-0.25, -0.2) is 4.79 Å². The minimum Gasteiger partial charge on any atom is -0.352 e. The standard InChI is InChI=1S/C28H40N4O2/c1-4-22-13-15-26(16-14-22)30-28(34)32-19-8-12-25(21-32)23-10-7-11-24(20-23)27(33)29-17-9-18-31(5-2)6-3/h7,10-11,13-16,20,25H,4-6,8-9,12,17-19,21H2,1-3H3,(H,29,33)(H,30,34)/t25-/m1/s1. The normalized spacial score (nSPS) is 15.9. The van der Waals surface area contributed by atoms with Crippen LogP contribution >= 0.6 is 0 Å². The van der Waals surface area contributed by atoms with Gasteiger partial charge in [0, 0.05) is 36.8 Å². The first kappa shape index (κ1) is 25.8. The van der Waals surface area contributed by atoms with E-state index in [9.17, 15) is 9.59 Å². The van der Waals surface area contributed by atoms with Crippen molar-refractivity contribution in [3.63, 3.8) is 0 Å². The van der Waals surface area contributed by atoms with Gasteiger partial charge in [0.15, 0.2) is 0 Å². The number of rotatable bonds is 10. The van der Waals surface area contributed by atoms with E-state index in [1.54, 1.807) is 0 Å². The maximum Gasteiger partial charge on any atom is 0.321 e. The Morgan fingerprint density at radius 1 is 1.06 bits per heavy atom. The van der Waals surface area contributed by atoms with Gasteiger partial charge >= 0.3 is 6.03 Å². The Hall–Kier alpha value is -2.86. The molecular weight excluding hydrogens is 424 g/mol.